The molecule has 0 fully saturated rings. The van der Waals surface area contributed by atoms with E-state index in [2.05, 4.69) is 0 Å². The van der Waals surface area contributed by atoms with Gasteiger partial charge in [-0.3, -0.25) is 0 Å². The Labute approximate surface area is 92.9 Å². The molecule has 1 aromatic carbocycles. The highest BCUT2D eigenvalue weighted by Crippen LogP contribution is 2.21. The maximum absolute atomic E-state index is 9.63. The van der Waals surface area contributed by atoms with Crippen LogP contribution in [0.4, 0.5) is 5.69 Å². The van der Waals surface area contributed by atoms with Crippen molar-refractivity contribution in [2.45, 2.75) is 38.6 Å². The van der Waals surface area contributed by atoms with Crippen molar-refractivity contribution < 1.29 is 5.11 Å². The van der Waals surface area contributed by atoms with Crippen LogP contribution in [0.2, 0.25) is 0 Å². The van der Waals surface area contributed by atoms with E-state index in [1.807, 2.05) is 18.2 Å². The van der Waals surface area contributed by atoms with Crippen LogP contribution >= 0.6 is 0 Å². The number of rotatable bonds is 4. The van der Waals surface area contributed by atoms with Crippen LogP contribution in [-0.2, 0) is 12.7 Å². The van der Waals surface area contributed by atoms with Gasteiger partial charge in [-0.15, -0.1) is 0 Å². The first kappa shape index (κ1) is 12.1. The van der Waals surface area contributed by atoms with Crippen LogP contribution in [0.5, 0.6) is 0 Å². The minimum atomic E-state index is -0.648. The number of hydrogen-bond donors (Lipinski definition) is 2. The van der Waals surface area contributed by atoms with E-state index >= 15 is 0 Å². The molecule has 0 saturated carbocycles. The van der Waals surface area contributed by atoms with Gasteiger partial charge in [0.25, 0.3) is 0 Å². The van der Waals surface area contributed by atoms with Gasteiger partial charge in [0.15, 0.2) is 0 Å². The minimum absolute atomic E-state index is 0.461. The lowest BCUT2D eigenvalue weighted by molar-refractivity contribution is 0.0714. The van der Waals surface area contributed by atoms with Crippen molar-refractivity contribution >= 4 is 13.5 Å². The fraction of sp³-hybridized carbons (Fsp3) is 0.500. The van der Waals surface area contributed by atoms with E-state index in [1.54, 1.807) is 13.8 Å². The molecule has 0 aliphatic carbocycles. The Morgan fingerprint density at radius 2 is 1.93 bits per heavy atom. The van der Waals surface area contributed by atoms with E-state index in [0.717, 1.165) is 23.2 Å². The number of nitrogen functional groups attached to an aromatic ring is 1. The van der Waals surface area contributed by atoms with Gasteiger partial charge in [-0.05, 0) is 37.8 Å². The van der Waals surface area contributed by atoms with Crippen LogP contribution in [0.15, 0.2) is 18.2 Å². The molecule has 0 aliphatic rings. The third kappa shape index (κ3) is 3.59. The molecule has 0 aromatic heterocycles. The largest absolute Gasteiger partial charge is 0.398 e. The average molecular weight is 203 g/mol. The quantitative estimate of drug-likeness (QED) is 0.577. The van der Waals surface area contributed by atoms with Crippen LogP contribution in [-0.4, -0.2) is 18.6 Å². The summed E-state index contributed by atoms with van der Waals surface area (Å²) < 4.78 is 0. The number of hydrogen-bond acceptors (Lipinski definition) is 2. The fourth-order valence-corrected chi connectivity index (χ4v) is 1.50. The number of benzene rings is 1. The Balaban J connectivity index is 2.78. The summed E-state index contributed by atoms with van der Waals surface area (Å²) in [5.74, 6) is 0. The Bertz CT molecular complexity index is 331. The zero-order valence-corrected chi connectivity index (χ0v) is 9.46. The van der Waals surface area contributed by atoms with Crippen molar-refractivity contribution in [1.82, 2.24) is 0 Å². The molecule has 15 heavy (non-hydrogen) atoms. The molecule has 1 aromatic rings. The molecular weight excluding hydrogens is 185 g/mol. The normalized spacial score (nSPS) is 11.7. The van der Waals surface area contributed by atoms with Crippen molar-refractivity contribution in [2.75, 3.05) is 5.73 Å². The Morgan fingerprint density at radius 1 is 1.33 bits per heavy atom. The van der Waals surface area contributed by atoms with E-state index < -0.39 is 5.60 Å². The third-order valence-electron chi connectivity index (χ3n) is 2.51. The molecule has 3 N–H and O–H groups in total. The molecule has 2 nitrogen and oxygen atoms in total. The average Bonchev–Trinajstić information content (AvgIpc) is 2.15. The van der Waals surface area contributed by atoms with Gasteiger partial charge in [-0.1, -0.05) is 24.5 Å². The van der Waals surface area contributed by atoms with Crippen LogP contribution in [0.25, 0.3) is 0 Å². The van der Waals surface area contributed by atoms with Crippen LogP contribution in [0.1, 0.15) is 31.4 Å². The predicted molar refractivity (Wildman–Crippen MR) is 64.9 cm³/mol. The van der Waals surface area contributed by atoms with Crippen LogP contribution < -0.4 is 5.73 Å². The predicted octanol–water partition coefficient (Wildman–Crippen LogP) is 1.64. The first-order chi connectivity index (χ1) is 6.94. The summed E-state index contributed by atoms with van der Waals surface area (Å²) in [7, 11) is 5.57. The van der Waals surface area contributed by atoms with Crippen molar-refractivity contribution in [3.63, 3.8) is 0 Å². The third-order valence-corrected chi connectivity index (χ3v) is 2.51. The second-order valence-electron chi connectivity index (χ2n) is 4.51. The first-order valence-electron chi connectivity index (χ1n) is 5.23. The highest BCUT2D eigenvalue weighted by Gasteiger charge is 2.13. The Morgan fingerprint density at radius 3 is 2.47 bits per heavy atom. The van der Waals surface area contributed by atoms with Gasteiger partial charge in [0, 0.05) is 5.69 Å². The number of aryl methyl sites for hydroxylation is 1. The molecule has 0 spiro atoms. The standard InChI is InChI=1S/C12H18BNO/c1-12(2,15)7-6-9-4-3-5-10(8-13)11(9)14/h3-5,15H,6-8,14H2,1-2H3. The summed E-state index contributed by atoms with van der Waals surface area (Å²) in [5.41, 5.74) is 8.13. The van der Waals surface area contributed by atoms with Gasteiger partial charge < -0.3 is 10.8 Å². The van der Waals surface area contributed by atoms with E-state index in [9.17, 15) is 5.11 Å². The summed E-state index contributed by atoms with van der Waals surface area (Å²) in [6.45, 7) is 3.60. The van der Waals surface area contributed by atoms with Gasteiger partial charge >= 0.3 is 0 Å². The minimum Gasteiger partial charge on any atom is -0.398 e. The topological polar surface area (TPSA) is 46.2 Å². The van der Waals surface area contributed by atoms with Crippen molar-refractivity contribution in [2.24, 2.45) is 0 Å². The van der Waals surface area contributed by atoms with Crippen molar-refractivity contribution in [1.29, 1.82) is 0 Å². The second kappa shape index (κ2) is 4.71. The van der Waals surface area contributed by atoms with Crippen molar-refractivity contribution in [3.05, 3.63) is 29.3 Å². The molecule has 0 aliphatic heterocycles. The monoisotopic (exact) mass is 203 g/mol. The van der Waals surface area contributed by atoms with Gasteiger partial charge in [-0.2, -0.15) is 0 Å². The summed E-state index contributed by atoms with van der Waals surface area (Å²) in [5, 5.41) is 9.63. The highest BCUT2D eigenvalue weighted by molar-refractivity contribution is 6.08. The zero-order valence-electron chi connectivity index (χ0n) is 9.46. The van der Waals surface area contributed by atoms with Gasteiger partial charge in [0.1, 0.15) is 0 Å². The molecule has 0 unspecified atom stereocenters. The van der Waals surface area contributed by atoms with Crippen LogP contribution in [0.3, 0.4) is 0 Å². The van der Waals surface area contributed by atoms with E-state index in [4.69, 9.17) is 13.6 Å². The van der Waals surface area contributed by atoms with Gasteiger partial charge in [0.2, 0.25) is 0 Å². The SMILES string of the molecule is [B]Cc1cccc(CCC(C)(C)O)c1N. The molecule has 0 saturated heterocycles. The maximum Gasteiger partial charge on any atom is 0.0717 e. The molecule has 3 heteroatoms. The van der Waals surface area contributed by atoms with E-state index in [-0.39, 0.29) is 0 Å². The molecule has 1 rings (SSSR count). The van der Waals surface area contributed by atoms with Gasteiger partial charge in [-0.25, -0.2) is 0 Å². The first-order valence-corrected chi connectivity index (χ1v) is 5.23. The maximum atomic E-state index is 9.63. The number of anilines is 1. The lowest BCUT2D eigenvalue weighted by atomic mass is 9.91. The molecule has 0 atom stereocenters. The molecule has 2 radical (unpaired) electrons. The van der Waals surface area contributed by atoms with Crippen LogP contribution in [0, 0.1) is 0 Å². The van der Waals surface area contributed by atoms with E-state index in [0.29, 0.717) is 12.7 Å². The number of nitrogens with two attached hydrogens (primary N) is 1. The van der Waals surface area contributed by atoms with E-state index in [1.165, 1.54) is 0 Å². The molecule has 0 bridgehead atoms. The number of aliphatic hydroxyl groups is 1. The summed E-state index contributed by atoms with van der Waals surface area (Å²) in [6.07, 6.45) is 1.94. The Hall–Kier alpha value is -0.955. The summed E-state index contributed by atoms with van der Waals surface area (Å²) >= 11 is 0. The fourth-order valence-electron chi connectivity index (χ4n) is 1.50. The zero-order chi connectivity index (χ0) is 11.5. The molecular formula is C12H18BNO. The second-order valence-corrected chi connectivity index (χ2v) is 4.51. The molecule has 0 amide bonds. The highest BCUT2D eigenvalue weighted by atomic mass is 16.3. The Kier molecular flexibility index (Phi) is 3.80. The number of para-hydroxylation sites is 1. The summed E-state index contributed by atoms with van der Waals surface area (Å²) in [6, 6.07) is 5.88. The molecule has 80 valence electrons. The summed E-state index contributed by atoms with van der Waals surface area (Å²) in [4.78, 5) is 0. The molecule has 0 heterocycles. The van der Waals surface area contributed by atoms with Gasteiger partial charge in [0.05, 0.1) is 13.4 Å². The lowest BCUT2D eigenvalue weighted by Gasteiger charge is -2.18. The lowest BCUT2D eigenvalue weighted by Crippen LogP contribution is -2.19. The smallest absolute Gasteiger partial charge is 0.0717 e. The van der Waals surface area contributed by atoms with Crippen molar-refractivity contribution in [3.8, 4) is 0 Å².